The summed E-state index contributed by atoms with van der Waals surface area (Å²) in [6.07, 6.45) is -0.850. The molecule has 3 heterocycles. The maximum atomic E-state index is 13.9. The molecule has 0 fully saturated rings. The second-order valence-corrected chi connectivity index (χ2v) is 15.8. The molecule has 15 heteroatoms. The number of amides is 5. The van der Waals surface area contributed by atoms with E-state index in [0.717, 1.165) is 37.5 Å². The maximum Gasteiger partial charge on any atom is 0.405 e. The van der Waals surface area contributed by atoms with Crippen molar-refractivity contribution in [3.8, 4) is 5.75 Å². The average Bonchev–Trinajstić information content (AvgIpc) is 3.83. The van der Waals surface area contributed by atoms with E-state index in [1.54, 1.807) is 35.8 Å². The Hall–Kier alpha value is -4.59. The quantitative estimate of drug-likeness (QED) is 0.0962. The standard InChI is InChI=1S/C39H43Cl2N5O7S/c1-19(2)35(44-39(52)53)38(51)42-21(4)37(50)43-26-12-27-33(25-9-6-5-8-24(25)26)22(14-40)16-45(27)30(48)10-7-11-31(49)46-17-23(15-41)34-28(46)13-29(47)36-32(34)20(3)18-54-36/h5-6,8-9,12-13,18-19,21-23,35,44,47H,7,10-11,14-17H2,1-4H3,(H,42,51)(H,43,50)(H,52,53)/t21-,22+,23+,35-/m0/s1. The van der Waals surface area contributed by atoms with E-state index in [0.29, 0.717) is 42.5 Å². The number of halogens is 2. The maximum absolute atomic E-state index is 13.9. The van der Waals surface area contributed by atoms with Gasteiger partial charge in [-0.3, -0.25) is 19.2 Å². The second-order valence-electron chi connectivity index (χ2n) is 14.3. The van der Waals surface area contributed by atoms with Crippen LogP contribution in [0, 0.1) is 12.8 Å². The number of fused-ring (bicyclic) bond motifs is 6. The summed E-state index contributed by atoms with van der Waals surface area (Å²) in [4.78, 5) is 68.4. The Bertz CT molecular complexity index is 2160. The van der Waals surface area contributed by atoms with E-state index in [1.807, 2.05) is 36.6 Å². The number of carbonyl (C=O) groups excluding carboxylic acids is 4. The fourth-order valence-electron chi connectivity index (χ4n) is 7.63. The number of aromatic hydroxyl groups is 1. The Morgan fingerprint density at radius 2 is 1.46 bits per heavy atom. The molecule has 6 rings (SSSR count). The number of aryl methyl sites for hydroxylation is 1. The summed E-state index contributed by atoms with van der Waals surface area (Å²) in [7, 11) is 0. The number of hydrogen-bond acceptors (Lipinski definition) is 7. The monoisotopic (exact) mass is 795 g/mol. The minimum absolute atomic E-state index is 0.0769. The van der Waals surface area contributed by atoms with Crippen LogP contribution in [0.15, 0.2) is 41.8 Å². The number of phenolic OH excluding ortho intramolecular Hbond substituents is 1. The summed E-state index contributed by atoms with van der Waals surface area (Å²) in [5.74, 6) is -1.40. The van der Waals surface area contributed by atoms with Gasteiger partial charge in [0.2, 0.25) is 23.6 Å². The lowest BCUT2D eigenvalue weighted by Gasteiger charge is -2.23. The van der Waals surface area contributed by atoms with Crippen LogP contribution >= 0.6 is 34.5 Å². The average molecular weight is 797 g/mol. The van der Waals surface area contributed by atoms with Crippen molar-refractivity contribution in [1.29, 1.82) is 0 Å². The molecule has 0 spiro atoms. The van der Waals surface area contributed by atoms with E-state index in [1.165, 1.54) is 18.3 Å². The third-order valence-electron chi connectivity index (χ3n) is 10.3. The molecule has 0 radical (unpaired) electrons. The first kappa shape index (κ1) is 39.1. The van der Waals surface area contributed by atoms with E-state index in [-0.39, 0.29) is 54.0 Å². The molecular formula is C39H43Cl2N5O7S. The summed E-state index contributed by atoms with van der Waals surface area (Å²) in [6, 6.07) is 8.80. The first-order chi connectivity index (χ1) is 25.7. The van der Waals surface area contributed by atoms with E-state index in [2.05, 4.69) is 16.0 Å². The lowest BCUT2D eigenvalue weighted by molar-refractivity contribution is -0.128. The summed E-state index contributed by atoms with van der Waals surface area (Å²) >= 11 is 14.3. The molecule has 0 bridgehead atoms. The van der Waals surface area contributed by atoms with Crippen molar-refractivity contribution >= 4 is 102 Å². The molecule has 286 valence electrons. The highest BCUT2D eigenvalue weighted by molar-refractivity contribution is 7.17. The normalized spacial score (nSPS) is 17.4. The number of carbonyl (C=O) groups is 5. The number of rotatable bonds is 12. The molecule has 0 saturated carbocycles. The van der Waals surface area contributed by atoms with E-state index in [4.69, 9.17) is 28.3 Å². The number of hydrogen-bond donors (Lipinski definition) is 5. The van der Waals surface area contributed by atoms with Gasteiger partial charge in [-0.05, 0) is 59.7 Å². The van der Waals surface area contributed by atoms with Crippen molar-refractivity contribution < 1.29 is 34.2 Å². The molecule has 0 unspecified atom stereocenters. The van der Waals surface area contributed by atoms with Gasteiger partial charge in [-0.25, -0.2) is 4.79 Å². The summed E-state index contributed by atoms with van der Waals surface area (Å²) in [5.41, 5.74) is 4.59. The van der Waals surface area contributed by atoms with Crippen molar-refractivity contribution in [3.63, 3.8) is 0 Å². The van der Waals surface area contributed by atoms with Crippen LogP contribution < -0.4 is 25.8 Å². The molecule has 2 aliphatic rings. The van der Waals surface area contributed by atoms with Crippen LogP contribution in [0.25, 0.3) is 20.9 Å². The number of alkyl halides is 2. The van der Waals surface area contributed by atoms with Gasteiger partial charge in [0, 0.05) is 72.1 Å². The minimum Gasteiger partial charge on any atom is -0.506 e. The van der Waals surface area contributed by atoms with Gasteiger partial charge in [-0.15, -0.1) is 34.5 Å². The van der Waals surface area contributed by atoms with Crippen molar-refractivity contribution in [2.75, 3.05) is 40.0 Å². The molecule has 5 N–H and O–H groups in total. The van der Waals surface area contributed by atoms with Gasteiger partial charge >= 0.3 is 6.09 Å². The Kier molecular flexibility index (Phi) is 11.6. The van der Waals surface area contributed by atoms with Crippen LogP contribution in [0.1, 0.15) is 68.6 Å². The molecule has 0 aliphatic carbocycles. The van der Waals surface area contributed by atoms with Gasteiger partial charge in [-0.2, -0.15) is 0 Å². The zero-order valence-corrected chi connectivity index (χ0v) is 32.7. The molecule has 1 aromatic heterocycles. The zero-order chi connectivity index (χ0) is 39.0. The van der Waals surface area contributed by atoms with Crippen LogP contribution in [-0.2, 0) is 19.2 Å². The predicted molar refractivity (Wildman–Crippen MR) is 214 cm³/mol. The third-order valence-corrected chi connectivity index (χ3v) is 12.2. The van der Waals surface area contributed by atoms with Crippen LogP contribution in [0.5, 0.6) is 5.75 Å². The number of benzene rings is 3. The largest absolute Gasteiger partial charge is 0.506 e. The van der Waals surface area contributed by atoms with Gasteiger partial charge in [-0.1, -0.05) is 38.1 Å². The van der Waals surface area contributed by atoms with Gasteiger partial charge in [0.25, 0.3) is 0 Å². The van der Waals surface area contributed by atoms with Gasteiger partial charge in [0.1, 0.15) is 17.8 Å². The summed E-state index contributed by atoms with van der Waals surface area (Å²) in [5, 5.41) is 32.1. The Morgan fingerprint density at radius 1 is 0.870 bits per heavy atom. The predicted octanol–water partition coefficient (Wildman–Crippen LogP) is 7.01. The van der Waals surface area contributed by atoms with Crippen LogP contribution in [0.4, 0.5) is 21.9 Å². The van der Waals surface area contributed by atoms with E-state index in [9.17, 15) is 29.1 Å². The fraction of sp³-hybridized carbons (Fsp3) is 0.410. The first-order valence-electron chi connectivity index (χ1n) is 17.9. The fourth-order valence-corrected chi connectivity index (χ4v) is 9.11. The SMILES string of the molecule is Cc1csc2c(O)cc3c(c12)[C@H](CCl)CN3C(=O)CCCC(=O)N1C[C@@H](CCl)c2c1cc(NC(=O)[C@H](C)NC(=O)[C@@H](NC(=O)O)C(C)C)c1ccccc21. The van der Waals surface area contributed by atoms with Crippen molar-refractivity contribution in [3.05, 3.63) is 58.5 Å². The Labute approximate surface area is 326 Å². The lowest BCUT2D eigenvalue weighted by Crippen LogP contribution is -2.53. The van der Waals surface area contributed by atoms with E-state index >= 15 is 0 Å². The lowest BCUT2D eigenvalue weighted by atomic mass is 9.95. The molecule has 4 aromatic rings. The number of anilines is 3. The van der Waals surface area contributed by atoms with Crippen LogP contribution in [0.3, 0.4) is 0 Å². The summed E-state index contributed by atoms with van der Waals surface area (Å²) in [6.45, 7) is 7.61. The highest BCUT2D eigenvalue weighted by Crippen LogP contribution is 2.49. The van der Waals surface area contributed by atoms with Crippen LogP contribution in [-0.4, -0.2) is 76.9 Å². The first-order valence-corrected chi connectivity index (χ1v) is 19.8. The van der Waals surface area contributed by atoms with Crippen molar-refractivity contribution in [2.24, 2.45) is 5.92 Å². The number of phenols is 1. The Morgan fingerprint density at radius 3 is 2.06 bits per heavy atom. The molecule has 0 saturated heterocycles. The molecule has 12 nitrogen and oxygen atoms in total. The molecule has 5 amide bonds. The summed E-state index contributed by atoms with van der Waals surface area (Å²) < 4.78 is 0.782. The zero-order valence-electron chi connectivity index (χ0n) is 30.4. The molecule has 2 aliphatic heterocycles. The molecule has 3 aromatic carbocycles. The van der Waals surface area contributed by atoms with Crippen molar-refractivity contribution in [2.45, 2.75) is 70.9 Å². The second kappa shape index (κ2) is 16.0. The van der Waals surface area contributed by atoms with Crippen LogP contribution in [0.2, 0.25) is 0 Å². The third kappa shape index (κ3) is 7.41. The van der Waals surface area contributed by atoms with Gasteiger partial charge in [0.15, 0.2) is 0 Å². The van der Waals surface area contributed by atoms with Gasteiger partial charge < -0.3 is 36.0 Å². The van der Waals surface area contributed by atoms with Gasteiger partial charge in [0.05, 0.1) is 16.1 Å². The highest BCUT2D eigenvalue weighted by atomic mass is 35.5. The molecular weight excluding hydrogens is 753 g/mol. The Balaban J connectivity index is 1.18. The van der Waals surface area contributed by atoms with E-state index < -0.39 is 30.0 Å². The smallest absolute Gasteiger partial charge is 0.405 e. The number of nitrogens with zero attached hydrogens (tertiary/aromatic N) is 2. The molecule has 4 atom stereocenters. The highest BCUT2D eigenvalue weighted by Gasteiger charge is 2.37. The number of thiophene rings is 1. The number of nitrogens with one attached hydrogen (secondary N) is 3. The van der Waals surface area contributed by atoms with Crippen molar-refractivity contribution in [1.82, 2.24) is 10.6 Å². The topological polar surface area (TPSA) is 168 Å². The number of carboxylic acid groups (broad SMARTS) is 1. The molecule has 54 heavy (non-hydrogen) atoms. The minimum atomic E-state index is -1.35.